The summed E-state index contributed by atoms with van der Waals surface area (Å²) in [5.74, 6) is -1.22. The summed E-state index contributed by atoms with van der Waals surface area (Å²) in [4.78, 5) is 21.6. The van der Waals surface area contributed by atoms with Gasteiger partial charge < -0.3 is 24.1 Å². The average Bonchev–Trinajstić information content (AvgIpc) is 3.47. The average molecular weight is 612 g/mol. The molecular weight excluding hydrogens is 576 g/mol. The predicted octanol–water partition coefficient (Wildman–Crippen LogP) is 7.89. The number of carbonyl (C=O) groups is 1. The Morgan fingerprint density at radius 2 is 1.69 bits per heavy atom. The van der Waals surface area contributed by atoms with Crippen LogP contribution in [0.4, 0.5) is 8.78 Å². The summed E-state index contributed by atoms with van der Waals surface area (Å²) in [6.45, 7) is 5.61. The lowest BCUT2D eigenvalue weighted by atomic mass is 9.89. The van der Waals surface area contributed by atoms with Crippen molar-refractivity contribution in [2.45, 2.75) is 25.7 Å². The van der Waals surface area contributed by atoms with E-state index in [1.54, 1.807) is 38.3 Å². The lowest BCUT2D eigenvalue weighted by Crippen LogP contribution is -2.36. The van der Waals surface area contributed by atoms with Gasteiger partial charge in [0.2, 0.25) is 0 Å². The van der Waals surface area contributed by atoms with Crippen LogP contribution in [0, 0.1) is 18.6 Å². The van der Waals surface area contributed by atoms with Crippen molar-refractivity contribution >= 4 is 17.0 Å². The van der Waals surface area contributed by atoms with Gasteiger partial charge in [-0.2, -0.15) is 4.98 Å². The summed E-state index contributed by atoms with van der Waals surface area (Å²) in [5.41, 5.74) is 4.70. The third-order valence-electron chi connectivity index (χ3n) is 8.48. The number of hydrogen-bond donors (Lipinski definition) is 1. The summed E-state index contributed by atoms with van der Waals surface area (Å²) in [5, 5.41) is 0. The van der Waals surface area contributed by atoms with Crippen molar-refractivity contribution < 1.29 is 27.8 Å². The Bertz CT molecular complexity index is 1820. The molecule has 45 heavy (non-hydrogen) atoms. The normalized spacial score (nSPS) is 15.4. The van der Waals surface area contributed by atoms with Crippen LogP contribution in [-0.2, 0) is 9.47 Å². The fourth-order valence-corrected chi connectivity index (χ4v) is 6.01. The van der Waals surface area contributed by atoms with Crippen LogP contribution < -0.4 is 4.74 Å². The zero-order valence-corrected chi connectivity index (χ0v) is 25.5. The van der Waals surface area contributed by atoms with Crippen LogP contribution in [0.15, 0.2) is 72.8 Å². The Morgan fingerprint density at radius 1 is 0.978 bits per heavy atom. The van der Waals surface area contributed by atoms with Gasteiger partial charge >= 0.3 is 5.97 Å². The van der Waals surface area contributed by atoms with Crippen molar-refractivity contribution in [3.8, 4) is 34.0 Å². The number of ether oxygens (including phenoxy) is 3. The standard InChI is InChI=1S/C36H35F2N3O4/c1-22-6-15-28(19-29(22)35(42)44-3)45-36-39-31-20-30(37)32(33(38)34(31)40-36)26-13-11-24(12-14-26)23-7-9-25(10-8-23)27-5-4-16-41(21-27)17-18-43-2/h6-15,19-20,27H,4-5,16-18,21H2,1-3H3,(H,39,40)/t27-/m1/s1. The number of aromatic nitrogens is 2. The number of methoxy groups -OCH3 is 2. The lowest BCUT2D eigenvalue weighted by Gasteiger charge is -2.32. The van der Waals surface area contributed by atoms with Gasteiger partial charge in [0.05, 0.1) is 30.4 Å². The van der Waals surface area contributed by atoms with Crippen molar-refractivity contribution in [2.24, 2.45) is 0 Å². The number of nitrogens with zero attached hydrogens (tertiary/aromatic N) is 2. The Balaban J connectivity index is 1.20. The number of nitrogens with one attached hydrogen (secondary N) is 1. The minimum absolute atomic E-state index is 0.0326. The number of fused-ring (bicyclic) bond motifs is 1. The molecule has 4 aromatic carbocycles. The van der Waals surface area contributed by atoms with E-state index in [9.17, 15) is 4.79 Å². The van der Waals surface area contributed by atoms with Gasteiger partial charge in [-0.05, 0) is 72.2 Å². The quantitative estimate of drug-likeness (QED) is 0.171. The van der Waals surface area contributed by atoms with Gasteiger partial charge in [0.15, 0.2) is 5.82 Å². The van der Waals surface area contributed by atoms with E-state index < -0.39 is 17.6 Å². The van der Waals surface area contributed by atoms with Gasteiger partial charge in [0, 0.05) is 26.3 Å². The maximum atomic E-state index is 15.7. The molecule has 1 fully saturated rings. The number of rotatable bonds is 9. The SMILES string of the molecule is COCCN1CCC[C@@H](c2ccc(-c3ccc(-c4c(F)cc5[nH]c(Oc6ccc(C)c(C(=O)OC)c6)nc5c4F)cc3)cc2)C1. The smallest absolute Gasteiger partial charge is 0.338 e. The van der Waals surface area contributed by atoms with E-state index in [1.807, 2.05) is 12.1 Å². The van der Waals surface area contributed by atoms with Gasteiger partial charge in [-0.25, -0.2) is 13.6 Å². The molecule has 1 atom stereocenters. The van der Waals surface area contributed by atoms with Gasteiger partial charge in [-0.15, -0.1) is 0 Å². The molecule has 0 spiro atoms. The Kier molecular flexibility index (Phi) is 8.91. The second-order valence-electron chi connectivity index (χ2n) is 11.4. The van der Waals surface area contributed by atoms with E-state index in [-0.39, 0.29) is 22.6 Å². The van der Waals surface area contributed by atoms with Crippen molar-refractivity contribution in [3.05, 3.63) is 101 Å². The van der Waals surface area contributed by atoms with Gasteiger partial charge in [0.25, 0.3) is 6.01 Å². The van der Waals surface area contributed by atoms with E-state index in [2.05, 4.69) is 39.1 Å². The molecule has 5 aromatic rings. The van der Waals surface area contributed by atoms with Crippen LogP contribution in [-0.4, -0.2) is 61.3 Å². The van der Waals surface area contributed by atoms with Crippen LogP contribution in [0.5, 0.6) is 11.8 Å². The molecule has 1 aliphatic heterocycles. The molecule has 0 amide bonds. The number of piperidine rings is 1. The van der Waals surface area contributed by atoms with Gasteiger partial charge in [-0.3, -0.25) is 0 Å². The maximum Gasteiger partial charge on any atom is 0.338 e. The minimum atomic E-state index is -0.792. The molecular formula is C36H35F2N3O4. The highest BCUT2D eigenvalue weighted by Gasteiger charge is 2.22. The highest BCUT2D eigenvalue weighted by molar-refractivity contribution is 5.91. The van der Waals surface area contributed by atoms with Crippen LogP contribution >= 0.6 is 0 Å². The third kappa shape index (κ3) is 6.45. The molecule has 0 unspecified atom stereocenters. The summed E-state index contributed by atoms with van der Waals surface area (Å²) in [6.07, 6.45) is 2.35. The largest absolute Gasteiger partial charge is 0.465 e. The number of aryl methyl sites for hydroxylation is 1. The number of benzene rings is 4. The van der Waals surface area contributed by atoms with E-state index >= 15 is 8.78 Å². The molecule has 9 heteroatoms. The number of esters is 1. The first-order valence-corrected chi connectivity index (χ1v) is 15.0. The minimum Gasteiger partial charge on any atom is -0.465 e. The molecule has 0 aliphatic carbocycles. The number of aromatic amines is 1. The van der Waals surface area contributed by atoms with E-state index in [1.165, 1.54) is 37.6 Å². The summed E-state index contributed by atoms with van der Waals surface area (Å²) in [6, 6.07) is 21.8. The fraction of sp³-hybridized carbons (Fsp3) is 0.278. The van der Waals surface area contributed by atoms with E-state index in [0.29, 0.717) is 28.4 Å². The summed E-state index contributed by atoms with van der Waals surface area (Å²) < 4.78 is 46.8. The molecule has 2 heterocycles. The first-order valence-electron chi connectivity index (χ1n) is 15.0. The first kappa shape index (κ1) is 30.4. The predicted molar refractivity (Wildman–Crippen MR) is 170 cm³/mol. The first-order chi connectivity index (χ1) is 21.8. The Hall–Kier alpha value is -4.60. The highest BCUT2D eigenvalue weighted by atomic mass is 19.1. The van der Waals surface area contributed by atoms with E-state index in [4.69, 9.17) is 14.2 Å². The number of carbonyl (C=O) groups excluding carboxylic acids is 1. The number of H-pyrrole nitrogens is 1. The highest BCUT2D eigenvalue weighted by Crippen LogP contribution is 2.35. The van der Waals surface area contributed by atoms with Crippen LogP contribution in [0.3, 0.4) is 0 Å². The number of likely N-dealkylation sites (tertiary alicyclic amines) is 1. The van der Waals surface area contributed by atoms with Gasteiger partial charge in [0.1, 0.15) is 17.1 Å². The fourth-order valence-electron chi connectivity index (χ4n) is 6.01. The van der Waals surface area contributed by atoms with Crippen molar-refractivity contribution in [1.82, 2.24) is 14.9 Å². The van der Waals surface area contributed by atoms with Crippen molar-refractivity contribution in [1.29, 1.82) is 0 Å². The number of halogens is 2. The zero-order chi connectivity index (χ0) is 31.5. The Labute approximate surface area is 260 Å². The van der Waals surface area contributed by atoms with Gasteiger partial charge in [-0.1, -0.05) is 54.6 Å². The van der Waals surface area contributed by atoms with Crippen LogP contribution in [0.2, 0.25) is 0 Å². The molecule has 1 N–H and O–H groups in total. The second kappa shape index (κ2) is 13.2. The topological polar surface area (TPSA) is 76.7 Å². The zero-order valence-electron chi connectivity index (χ0n) is 25.5. The molecule has 0 saturated carbocycles. The van der Waals surface area contributed by atoms with E-state index in [0.717, 1.165) is 37.4 Å². The van der Waals surface area contributed by atoms with Crippen LogP contribution in [0.1, 0.15) is 40.2 Å². The van der Waals surface area contributed by atoms with Crippen molar-refractivity contribution in [2.75, 3.05) is 40.5 Å². The lowest BCUT2D eigenvalue weighted by molar-refractivity contribution is 0.0599. The summed E-state index contributed by atoms with van der Waals surface area (Å²) >= 11 is 0. The number of imidazole rings is 1. The second-order valence-corrected chi connectivity index (χ2v) is 11.4. The summed E-state index contributed by atoms with van der Waals surface area (Å²) in [7, 11) is 3.03. The molecule has 6 rings (SSSR count). The maximum absolute atomic E-state index is 15.7. The molecule has 7 nitrogen and oxygen atoms in total. The molecule has 0 bridgehead atoms. The molecule has 1 aliphatic rings. The molecule has 0 radical (unpaired) electrons. The molecule has 1 saturated heterocycles. The Morgan fingerprint density at radius 3 is 2.40 bits per heavy atom. The monoisotopic (exact) mass is 611 g/mol. The van der Waals surface area contributed by atoms with Crippen molar-refractivity contribution in [3.63, 3.8) is 0 Å². The third-order valence-corrected chi connectivity index (χ3v) is 8.48. The van der Waals surface area contributed by atoms with Crippen LogP contribution in [0.25, 0.3) is 33.3 Å². The molecule has 232 valence electrons. The number of hydrogen-bond acceptors (Lipinski definition) is 6. The molecule has 1 aromatic heterocycles.